The van der Waals surface area contributed by atoms with Crippen LogP contribution in [0.2, 0.25) is 0 Å². The highest BCUT2D eigenvalue weighted by atomic mass is 16.5. The number of aromatic nitrogens is 2. The monoisotopic (exact) mass is 261 g/mol. The molecule has 2 unspecified atom stereocenters. The molecule has 1 amide bonds. The van der Waals surface area contributed by atoms with Gasteiger partial charge in [-0.25, -0.2) is 0 Å². The minimum absolute atomic E-state index is 0.115. The summed E-state index contributed by atoms with van der Waals surface area (Å²) in [4.78, 5) is 12.2. The number of carbonyl (C=O) groups is 1. The van der Waals surface area contributed by atoms with Crippen molar-refractivity contribution in [2.24, 2.45) is 11.3 Å². The predicted molar refractivity (Wildman–Crippen MR) is 69.6 cm³/mol. The number of H-pyrrole nitrogens is 1. The van der Waals surface area contributed by atoms with Crippen molar-refractivity contribution in [3.05, 3.63) is 11.3 Å². The van der Waals surface area contributed by atoms with Crippen LogP contribution < -0.4 is 5.32 Å². The lowest BCUT2D eigenvalue weighted by Crippen LogP contribution is -2.19. The molecule has 5 heteroatoms. The quantitative estimate of drug-likeness (QED) is 0.874. The number of carbonyl (C=O) groups excluding carboxylic acids is 1. The zero-order valence-corrected chi connectivity index (χ0v) is 11.0. The first-order valence-electron chi connectivity index (χ1n) is 7.21. The van der Waals surface area contributed by atoms with Crippen LogP contribution >= 0.6 is 0 Å². The summed E-state index contributed by atoms with van der Waals surface area (Å²) in [5.74, 6) is 1.60. The first-order valence-corrected chi connectivity index (χ1v) is 7.21. The summed E-state index contributed by atoms with van der Waals surface area (Å²) >= 11 is 0. The number of hydrogen-bond donors (Lipinski definition) is 2. The van der Waals surface area contributed by atoms with E-state index >= 15 is 0 Å². The van der Waals surface area contributed by atoms with E-state index in [9.17, 15) is 4.79 Å². The second-order valence-corrected chi connectivity index (χ2v) is 6.21. The molecule has 5 nitrogen and oxygen atoms in total. The Morgan fingerprint density at radius 3 is 3.32 bits per heavy atom. The van der Waals surface area contributed by atoms with Crippen LogP contribution in [-0.2, 0) is 22.6 Å². The van der Waals surface area contributed by atoms with Crippen LogP contribution in [-0.4, -0.2) is 22.7 Å². The van der Waals surface area contributed by atoms with Crippen LogP contribution in [0.4, 0.5) is 5.82 Å². The lowest BCUT2D eigenvalue weighted by atomic mass is 9.99. The van der Waals surface area contributed by atoms with Gasteiger partial charge in [0.2, 0.25) is 5.91 Å². The Bertz CT molecular complexity index is 525. The van der Waals surface area contributed by atoms with Crippen molar-refractivity contribution < 1.29 is 9.53 Å². The first-order chi connectivity index (χ1) is 9.27. The van der Waals surface area contributed by atoms with Gasteiger partial charge in [-0.1, -0.05) is 6.42 Å². The average Bonchev–Trinajstić information content (AvgIpc) is 2.77. The molecule has 2 heterocycles. The lowest BCUT2D eigenvalue weighted by molar-refractivity contribution is -0.117. The highest BCUT2D eigenvalue weighted by Crippen LogP contribution is 2.65. The Morgan fingerprint density at radius 1 is 1.58 bits per heavy atom. The largest absolute Gasteiger partial charge is 0.376 e. The van der Waals surface area contributed by atoms with Gasteiger partial charge in [0, 0.05) is 24.1 Å². The SMILES string of the molecule is O=C(CC12CCCC1C2)Nc1n[nH]c2c1COCC2. The predicted octanol–water partition coefficient (Wildman–Crippen LogP) is 2.00. The fourth-order valence-corrected chi connectivity index (χ4v) is 3.86. The summed E-state index contributed by atoms with van der Waals surface area (Å²) in [6, 6.07) is 0. The van der Waals surface area contributed by atoms with E-state index in [1.54, 1.807) is 0 Å². The third kappa shape index (κ3) is 1.87. The van der Waals surface area contributed by atoms with Crippen molar-refractivity contribution in [3.63, 3.8) is 0 Å². The Balaban J connectivity index is 1.44. The van der Waals surface area contributed by atoms with Crippen LogP contribution in [0, 0.1) is 11.3 Å². The maximum absolute atomic E-state index is 12.2. The normalized spacial score (nSPS) is 31.7. The molecule has 2 N–H and O–H groups in total. The molecule has 0 aromatic carbocycles. The highest BCUT2D eigenvalue weighted by molar-refractivity contribution is 5.91. The van der Waals surface area contributed by atoms with Crippen molar-refractivity contribution in [3.8, 4) is 0 Å². The second-order valence-electron chi connectivity index (χ2n) is 6.21. The Hall–Kier alpha value is -1.36. The first kappa shape index (κ1) is 11.5. The smallest absolute Gasteiger partial charge is 0.226 e. The van der Waals surface area contributed by atoms with Gasteiger partial charge in [-0.3, -0.25) is 9.89 Å². The van der Waals surface area contributed by atoms with Crippen molar-refractivity contribution >= 4 is 11.7 Å². The molecule has 3 aliphatic rings. The minimum Gasteiger partial charge on any atom is -0.376 e. The molecule has 4 rings (SSSR count). The van der Waals surface area contributed by atoms with Crippen LogP contribution in [0.25, 0.3) is 0 Å². The maximum Gasteiger partial charge on any atom is 0.226 e. The molecule has 1 aromatic rings. The van der Waals surface area contributed by atoms with Gasteiger partial charge in [0.25, 0.3) is 0 Å². The summed E-state index contributed by atoms with van der Waals surface area (Å²) in [6.45, 7) is 1.28. The van der Waals surface area contributed by atoms with E-state index in [0.29, 0.717) is 24.3 Å². The molecule has 19 heavy (non-hydrogen) atoms. The van der Waals surface area contributed by atoms with E-state index in [4.69, 9.17) is 4.74 Å². The highest BCUT2D eigenvalue weighted by Gasteiger charge is 2.57. The fraction of sp³-hybridized carbons (Fsp3) is 0.714. The Morgan fingerprint density at radius 2 is 2.53 bits per heavy atom. The van der Waals surface area contributed by atoms with E-state index < -0.39 is 0 Å². The summed E-state index contributed by atoms with van der Waals surface area (Å²) in [5.41, 5.74) is 2.47. The van der Waals surface area contributed by atoms with Crippen LogP contribution in [0.1, 0.15) is 43.4 Å². The van der Waals surface area contributed by atoms with Crippen LogP contribution in [0.15, 0.2) is 0 Å². The van der Waals surface area contributed by atoms with Crippen molar-refractivity contribution in [1.82, 2.24) is 10.2 Å². The summed E-state index contributed by atoms with van der Waals surface area (Å²) in [6.07, 6.45) is 6.61. The van der Waals surface area contributed by atoms with Gasteiger partial charge in [-0.05, 0) is 30.6 Å². The number of nitrogens with zero attached hydrogens (tertiary/aromatic N) is 1. The molecular weight excluding hydrogens is 242 g/mol. The van der Waals surface area contributed by atoms with Gasteiger partial charge in [0.1, 0.15) is 0 Å². The molecule has 0 bridgehead atoms. The van der Waals surface area contributed by atoms with Crippen molar-refractivity contribution in [2.75, 3.05) is 11.9 Å². The van der Waals surface area contributed by atoms with Gasteiger partial charge in [0.05, 0.1) is 13.2 Å². The summed E-state index contributed by atoms with van der Waals surface area (Å²) < 4.78 is 5.43. The van der Waals surface area contributed by atoms with Crippen LogP contribution in [0.3, 0.4) is 0 Å². The zero-order chi connectivity index (χ0) is 12.9. The Kier molecular flexibility index (Phi) is 2.45. The Labute approximate surface area is 112 Å². The lowest BCUT2D eigenvalue weighted by Gasteiger charge is -2.14. The van der Waals surface area contributed by atoms with Gasteiger partial charge < -0.3 is 10.1 Å². The number of fused-ring (bicyclic) bond motifs is 2. The number of aromatic amines is 1. The van der Waals surface area contributed by atoms with Gasteiger partial charge in [0.15, 0.2) is 5.82 Å². The summed E-state index contributed by atoms with van der Waals surface area (Å²) in [5, 5.41) is 10.2. The minimum atomic E-state index is 0.115. The van der Waals surface area contributed by atoms with E-state index in [2.05, 4.69) is 15.5 Å². The molecule has 2 atom stereocenters. The maximum atomic E-state index is 12.2. The molecule has 2 aliphatic carbocycles. The molecule has 0 spiro atoms. The number of anilines is 1. The zero-order valence-electron chi connectivity index (χ0n) is 11.0. The summed E-state index contributed by atoms with van der Waals surface area (Å²) in [7, 11) is 0. The molecule has 0 saturated heterocycles. The number of nitrogens with one attached hydrogen (secondary N) is 2. The number of hydrogen-bond acceptors (Lipinski definition) is 3. The molecular formula is C14H19N3O2. The van der Waals surface area contributed by atoms with Crippen molar-refractivity contribution in [1.29, 1.82) is 0 Å². The van der Waals surface area contributed by atoms with Crippen LogP contribution in [0.5, 0.6) is 0 Å². The molecule has 0 radical (unpaired) electrons. The third-order valence-corrected chi connectivity index (χ3v) is 5.05. The fourth-order valence-electron chi connectivity index (χ4n) is 3.86. The van der Waals surface area contributed by atoms with Gasteiger partial charge in [-0.15, -0.1) is 0 Å². The van der Waals surface area contributed by atoms with Crippen molar-refractivity contribution in [2.45, 2.75) is 45.1 Å². The van der Waals surface area contributed by atoms with E-state index in [0.717, 1.165) is 30.2 Å². The molecule has 1 aromatic heterocycles. The average molecular weight is 261 g/mol. The second kappa shape index (κ2) is 4.07. The van der Waals surface area contributed by atoms with E-state index in [-0.39, 0.29) is 5.91 Å². The molecule has 2 fully saturated rings. The standard InChI is InChI=1S/C14H19N3O2/c18-12(7-14-4-1-2-9(14)6-14)15-13-10-8-19-5-3-11(10)16-17-13/h9H,1-8H2,(H2,15,16,17,18). The van der Waals surface area contributed by atoms with E-state index in [1.807, 2.05) is 0 Å². The molecule has 2 saturated carbocycles. The molecule has 102 valence electrons. The topological polar surface area (TPSA) is 67.0 Å². The van der Waals surface area contributed by atoms with Gasteiger partial charge >= 0.3 is 0 Å². The van der Waals surface area contributed by atoms with E-state index in [1.165, 1.54) is 25.7 Å². The number of ether oxygens (including phenoxy) is 1. The number of rotatable bonds is 3. The third-order valence-electron chi connectivity index (χ3n) is 5.05. The van der Waals surface area contributed by atoms with Gasteiger partial charge in [-0.2, -0.15) is 5.10 Å². The number of amides is 1. The molecule has 1 aliphatic heterocycles.